The van der Waals surface area contributed by atoms with Crippen molar-refractivity contribution in [2.45, 2.75) is 19.6 Å². The molecule has 0 aliphatic heterocycles. The van der Waals surface area contributed by atoms with Crippen LogP contribution in [-0.4, -0.2) is 18.2 Å². The van der Waals surface area contributed by atoms with Gasteiger partial charge in [0.2, 0.25) is 0 Å². The Morgan fingerprint density at radius 3 is 2.73 bits per heavy atom. The van der Waals surface area contributed by atoms with Gasteiger partial charge in [0.15, 0.2) is 0 Å². The largest absolute Gasteiger partial charge is 0.351 e. The third kappa shape index (κ3) is 4.60. The monoisotopic (exact) mass is 317 g/mol. The first-order chi connectivity index (χ1) is 10.6. The first kappa shape index (κ1) is 16.6. The lowest BCUT2D eigenvalue weighted by molar-refractivity contribution is 0.0955. The summed E-state index contributed by atoms with van der Waals surface area (Å²) in [5.74, 6) is 1.15. The molecule has 0 saturated carbocycles. The van der Waals surface area contributed by atoms with Gasteiger partial charge in [0, 0.05) is 23.6 Å². The molecule has 1 amide bonds. The zero-order valence-corrected chi connectivity index (χ0v) is 13.7. The highest BCUT2D eigenvalue weighted by molar-refractivity contribution is 7.98. The molecular weight excluding hydrogens is 297 g/mol. The van der Waals surface area contributed by atoms with Crippen LogP contribution in [0.3, 0.4) is 0 Å². The second-order valence-electron chi connectivity index (χ2n) is 5.22. The van der Waals surface area contributed by atoms with Gasteiger partial charge in [-0.2, -0.15) is 11.8 Å². The molecule has 0 aliphatic rings. The van der Waals surface area contributed by atoms with Gasteiger partial charge in [0.05, 0.1) is 0 Å². The van der Waals surface area contributed by atoms with E-state index >= 15 is 0 Å². The van der Waals surface area contributed by atoms with E-state index in [-0.39, 0.29) is 11.7 Å². The van der Waals surface area contributed by atoms with Crippen molar-refractivity contribution < 1.29 is 9.18 Å². The number of nitrogens with one attached hydrogen (secondary N) is 1. The van der Waals surface area contributed by atoms with Crippen LogP contribution >= 0.6 is 11.8 Å². The predicted octanol–water partition coefficient (Wildman–Crippen LogP) is 4.11. The average molecular weight is 317 g/mol. The standard InChI is InChI=1S/C18H20FNOS/c1-13-7-8-14(2)16(11-13)18(21)20-9-10-22-12-15-5-3-4-6-17(15)19/h3-8,11H,9-10,12H2,1-2H3,(H,20,21). The van der Waals surface area contributed by atoms with Crippen molar-refractivity contribution in [3.8, 4) is 0 Å². The van der Waals surface area contributed by atoms with Gasteiger partial charge in [-0.25, -0.2) is 4.39 Å². The number of carbonyl (C=O) groups excluding carboxylic acids is 1. The molecule has 2 aromatic rings. The molecule has 0 heterocycles. The number of benzene rings is 2. The molecule has 116 valence electrons. The van der Waals surface area contributed by atoms with Crippen molar-refractivity contribution in [3.05, 3.63) is 70.5 Å². The van der Waals surface area contributed by atoms with Crippen LogP contribution in [0.4, 0.5) is 4.39 Å². The molecule has 0 aliphatic carbocycles. The molecule has 0 saturated heterocycles. The zero-order valence-electron chi connectivity index (χ0n) is 12.9. The van der Waals surface area contributed by atoms with Crippen LogP contribution < -0.4 is 5.32 Å². The van der Waals surface area contributed by atoms with Crippen LogP contribution in [0.2, 0.25) is 0 Å². The van der Waals surface area contributed by atoms with E-state index in [1.165, 1.54) is 6.07 Å². The molecular formula is C18H20FNOS. The van der Waals surface area contributed by atoms with Gasteiger partial charge < -0.3 is 5.32 Å². The van der Waals surface area contributed by atoms with Crippen LogP contribution in [0.5, 0.6) is 0 Å². The van der Waals surface area contributed by atoms with Crippen LogP contribution in [-0.2, 0) is 5.75 Å². The summed E-state index contributed by atoms with van der Waals surface area (Å²) >= 11 is 1.61. The molecule has 2 rings (SSSR count). The zero-order chi connectivity index (χ0) is 15.9. The van der Waals surface area contributed by atoms with Crippen LogP contribution in [0.25, 0.3) is 0 Å². The van der Waals surface area contributed by atoms with Gasteiger partial charge in [-0.15, -0.1) is 0 Å². The van der Waals surface area contributed by atoms with Crippen molar-refractivity contribution in [3.63, 3.8) is 0 Å². The Bertz CT molecular complexity index is 657. The van der Waals surface area contributed by atoms with Crippen LogP contribution in [0, 0.1) is 19.7 Å². The number of carbonyl (C=O) groups is 1. The topological polar surface area (TPSA) is 29.1 Å². The molecule has 0 radical (unpaired) electrons. The van der Waals surface area contributed by atoms with Crippen molar-refractivity contribution in [2.75, 3.05) is 12.3 Å². The molecule has 0 bridgehead atoms. The van der Waals surface area contributed by atoms with Gasteiger partial charge in [-0.1, -0.05) is 35.9 Å². The van der Waals surface area contributed by atoms with E-state index < -0.39 is 0 Å². The summed E-state index contributed by atoms with van der Waals surface area (Å²) in [6.07, 6.45) is 0. The van der Waals surface area contributed by atoms with Crippen molar-refractivity contribution in [2.24, 2.45) is 0 Å². The van der Waals surface area contributed by atoms with E-state index in [2.05, 4.69) is 5.32 Å². The summed E-state index contributed by atoms with van der Waals surface area (Å²) in [5, 5.41) is 2.91. The predicted molar refractivity (Wildman–Crippen MR) is 90.8 cm³/mol. The maximum absolute atomic E-state index is 13.4. The van der Waals surface area contributed by atoms with E-state index in [1.807, 2.05) is 38.1 Å². The van der Waals surface area contributed by atoms with Crippen molar-refractivity contribution in [1.29, 1.82) is 0 Å². The summed E-state index contributed by atoms with van der Waals surface area (Å²) < 4.78 is 13.4. The molecule has 2 nitrogen and oxygen atoms in total. The van der Waals surface area contributed by atoms with Crippen molar-refractivity contribution in [1.82, 2.24) is 5.32 Å². The minimum atomic E-state index is -0.172. The molecule has 0 atom stereocenters. The number of rotatable bonds is 6. The van der Waals surface area contributed by atoms with Crippen LogP contribution in [0.15, 0.2) is 42.5 Å². The summed E-state index contributed by atoms with van der Waals surface area (Å²) in [4.78, 5) is 12.1. The number of hydrogen-bond acceptors (Lipinski definition) is 2. The SMILES string of the molecule is Cc1ccc(C)c(C(=O)NCCSCc2ccccc2F)c1. The van der Waals surface area contributed by atoms with Crippen molar-refractivity contribution >= 4 is 17.7 Å². The summed E-state index contributed by atoms with van der Waals surface area (Å²) in [5.41, 5.74) is 3.47. The molecule has 2 aromatic carbocycles. The Morgan fingerprint density at radius 1 is 1.18 bits per heavy atom. The summed E-state index contributed by atoms with van der Waals surface area (Å²) in [6.45, 7) is 4.48. The first-order valence-corrected chi connectivity index (χ1v) is 8.40. The fourth-order valence-corrected chi connectivity index (χ4v) is 2.95. The van der Waals surface area contributed by atoms with E-state index in [9.17, 15) is 9.18 Å². The minimum Gasteiger partial charge on any atom is -0.351 e. The molecule has 1 N–H and O–H groups in total. The van der Waals surface area contributed by atoms with Gasteiger partial charge in [0.1, 0.15) is 5.82 Å². The highest BCUT2D eigenvalue weighted by Crippen LogP contribution is 2.15. The highest BCUT2D eigenvalue weighted by Gasteiger charge is 2.08. The average Bonchev–Trinajstić information content (AvgIpc) is 2.51. The molecule has 0 unspecified atom stereocenters. The summed E-state index contributed by atoms with van der Waals surface area (Å²) in [7, 11) is 0. The second kappa shape index (κ2) is 7.99. The van der Waals surface area contributed by atoms with Gasteiger partial charge in [-0.05, 0) is 37.1 Å². The molecule has 0 fully saturated rings. The normalized spacial score (nSPS) is 10.5. The Morgan fingerprint density at radius 2 is 1.95 bits per heavy atom. The van der Waals surface area contributed by atoms with Gasteiger partial charge in [0.25, 0.3) is 5.91 Å². The molecule has 0 spiro atoms. The smallest absolute Gasteiger partial charge is 0.251 e. The molecule has 4 heteroatoms. The lowest BCUT2D eigenvalue weighted by Gasteiger charge is -2.08. The second-order valence-corrected chi connectivity index (χ2v) is 6.32. The fourth-order valence-electron chi connectivity index (χ4n) is 2.11. The third-order valence-corrected chi connectivity index (χ3v) is 4.39. The Kier molecular flexibility index (Phi) is 6.01. The quantitative estimate of drug-likeness (QED) is 0.813. The van der Waals surface area contributed by atoms with Gasteiger partial charge in [-0.3, -0.25) is 4.79 Å². The molecule has 22 heavy (non-hydrogen) atoms. The number of amides is 1. The lowest BCUT2D eigenvalue weighted by Crippen LogP contribution is -2.26. The highest BCUT2D eigenvalue weighted by atomic mass is 32.2. The van der Waals surface area contributed by atoms with Gasteiger partial charge >= 0.3 is 0 Å². The van der Waals surface area contributed by atoms with E-state index in [4.69, 9.17) is 0 Å². The minimum absolute atomic E-state index is 0.0484. The number of hydrogen-bond donors (Lipinski definition) is 1. The van der Waals surface area contributed by atoms with Crippen LogP contribution in [0.1, 0.15) is 27.0 Å². The number of halogens is 1. The third-order valence-electron chi connectivity index (χ3n) is 3.39. The van der Waals surface area contributed by atoms with E-state index in [1.54, 1.807) is 23.9 Å². The maximum Gasteiger partial charge on any atom is 0.251 e. The number of aryl methyl sites for hydroxylation is 2. The first-order valence-electron chi connectivity index (χ1n) is 7.24. The fraction of sp³-hybridized carbons (Fsp3) is 0.278. The Balaban J connectivity index is 1.76. The Hall–Kier alpha value is -1.81. The van der Waals surface area contributed by atoms with E-state index in [0.717, 1.165) is 22.4 Å². The summed E-state index contributed by atoms with van der Waals surface area (Å²) in [6, 6.07) is 12.6. The maximum atomic E-state index is 13.4. The Labute approximate surface area is 135 Å². The number of thioether (sulfide) groups is 1. The lowest BCUT2D eigenvalue weighted by atomic mass is 10.1. The molecule has 0 aromatic heterocycles. The van der Waals surface area contributed by atoms with E-state index in [0.29, 0.717) is 17.9 Å².